The third-order valence-corrected chi connectivity index (χ3v) is 8.08. The van der Waals surface area contributed by atoms with Gasteiger partial charge in [-0.25, -0.2) is 12.8 Å². The Kier molecular flexibility index (Phi) is 9.64. The average Bonchev–Trinajstić information content (AvgIpc) is 2.87. The average molecular weight is 595 g/mol. The van der Waals surface area contributed by atoms with Crippen LogP contribution in [0.4, 0.5) is 10.1 Å². The second-order valence-corrected chi connectivity index (χ2v) is 12.7. The van der Waals surface area contributed by atoms with E-state index in [1.807, 2.05) is 0 Å². The Bertz CT molecular complexity index is 1450. The molecule has 3 rings (SSSR count). The molecule has 0 radical (unpaired) electrons. The van der Waals surface area contributed by atoms with Crippen molar-refractivity contribution in [2.45, 2.75) is 50.7 Å². The molecule has 0 heterocycles. The molecule has 2 amide bonds. The fourth-order valence-electron chi connectivity index (χ4n) is 3.78. The van der Waals surface area contributed by atoms with Crippen LogP contribution in [0.3, 0.4) is 0 Å². The van der Waals surface area contributed by atoms with Crippen LogP contribution in [-0.4, -0.2) is 43.3 Å². The van der Waals surface area contributed by atoms with Crippen molar-refractivity contribution < 1.29 is 22.4 Å². The fourth-order valence-corrected chi connectivity index (χ4v) is 5.66. The molecule has 0 saturated heterocycles. The molecular formula is C28H30Cl2FN3O4S. The Morgan fingerprint density at radius 1 is 0.974 bits per heavy atom. The Balaban J connectivity index is 2.08. The molecule has 3 aromatic rings. The van der Waals surface area contributed by atoms with Crippen LogP contribution >= 0.6 is 23.2 Å². The minimum atomic E-state index is -4.31. The molecule has 39 heavy (non-hydrogen) atoms. The third kappa shape index (κ3) is 7.71. The Hall–Kier alpha value is -3.14. The largest absolute Gasteiger partial charge is 0.350 e. The minimum Gasteiger partial charge on any atom is -0.350 e. The zero-order valence-electron chi connectivity index (χ0n) is 22.0. The number of rotatable bonds is 9. The molecule has 0 spiro atoms. The Morgan fingerprint density at radius 2 is 1.59 bits per heavy atom. The van der Waals surface area contributed by atoms with E-state index in [2.05, 4.69) is 5.32 Å². The molecule has 0 aliphatic heterocycles. The van der Waals surface area contributed by atoms with Crippen LogP contribution in [0, 0.1) is 5.82 Å². The molecule has 208 valence electrons. The van der Waals surface area contributed by atoms with E-state index in [-0.39, 0.29) is 32.7 Å². The second kappa shape index (κ2) is 12.4. The first-order valence-electron chi connectivity index (χ1n) is 12.1. The summed E-state index contributed by atoms with van der Waals surface area (Å²) in [5, 5.41) is 3.07. The SMILES string of the molecule is CC(C(=O)NC(C)(C)C)N(Cc1ccccc1F)C(=O)CN(c1cc(Cl)ccc1Cl)S(=O)(=O)c1ccccc1. The zero-order valence-corrected chi connectivity index (χ0v) is 24.3. The standard InChI is InChI=1S/C28H30Cl2FN3O4S/c1-19(27(36)32-28(2,3)4)33(17-20-10-8-9-13-24(20)31)26(35)18-34(25-16-21(29)14-15-23(25)30)39(37,38)22-11-6-5-7-12-22/h5-16,19H,17-18H2,1-4H3,(H,32,36). The van der Waals surface area contributed by atoms with Crippen LogP contribution < -0.4 is 9.62 Å². The van der Waals surface area contributed by atoms with E-state index in [0.29, 0.717) is 0 Å². The van der Waals surface area contributed by atoms with Gasteiger partial charge in [-0.3, -0.25) is 13.9 Å². The first kappa shape index (κ1) is 30.4. The number of amides is 2. The van der Waals surface area contributed by atoms with E-state index >= 15 is 0 Å². The first-order chi connectivity index (χ1) is 18.2. The monoisotopic (exact) mass is 593 g/mol. The van der Waals surface area contributed by atoms with Gasteiger partial charge in [0.1, 0.15) is 18.4 Å². The topological polar surface area (TPSA) is 86.8 Å². The number of halogens is 3. The number of sulfonamides is 1. The van der Waals surface area contributed by atoms with Crippen LogP contribution in [0.1, 0.15) is 33.3 Å². The lowest BCUT2D eigenvalue weighted by Gasteiger charge is -2.33. The summed E-state index contributed by atoms with van der Waals surface area (Å²) >= 11 is 12.5. The van der Waals surface area contributed by atoms with E-state index in [4.69, 9.17) is 23.2 Å². The lowest BCUT2D eigenvalue weighted by molar-refractivity contribution is -0.140. The van der Waals surface area contributed by atoms with E-state index in [1.54, 1.807) is 45.0 Å². The fraction of sp³-hybridized carbons (Fsp3) is 0.286. The normalized spacial score (nSPS) is 12.5. The first-order valence-corrected chi connectivity index (χ1v) is 14.3. The lowest BCUT2D eigenvalue weighted by atomic mass is 10.1. The maximum absolute atomic E-state index is 14.6. The van der Waals surface area contributed by atoms with Gasteiger partial charge >= 0.3 is 0 Å². The maximum Gasteiger partial charge on any atom is 0.264 e. The number of carbonyl (C=O) groups is 2. The molecule has 7 nitrogen and oxygen atoms in total. The molecule has 0 aliphatic carbocycles. The smallest absolute Gasteiger partial charge is 0.264 e. The summed E-state index contributed by atoms with van der Waals surface area (Å²) in [5.41, 5.74) is -0.451. The number of benzene rings is 3. The maximum atomic E-state index is 14.6. The quantitative estimate of drug-likeness (QED) is 0.347. The highest BCUT2D eigenvalue weighted by molar-refractivity contribution is 7.92. The molecule has 1 unspecified atom stereocenters. The summed E-state index contributed by atoms with van der Waals surface area (Å²) in [6.07, 6.45) is 0. The number of nitrogens with one attached hydrogen (secondary N) is 1. The summed E-state index contributed by atoms with van der Waals surface area (Å²) in [6.45, 7) is 5.87. The molecule has 3 aromatic carbocycles. The predicted molar refractivity (Wildman–Crippen MR) is 152 cm³/mol. The summed E-state index contributed by atoms with van der Waals surface area (Å²) in [6, 6.07) is 16.6. The van der Waals surface area contributed by atoms with E-state index in [1.165, 1.54) is 55.5 Å². The van der Waals surface area contributed by atoms with Crippen LogP contribution in [0.2, 0.25) is 10.0 Å². The van der Waals surface area contributed by atoms with Crippen molar-refractivity contribution in [3.8, 4) is 0 Å². The minimum absolute atomic E-state index is 0.0148. The van der Waals surface area contributed by atoms with Crippen LogP contribution in [-0.2, 0) is 26.2 Å². The van der Waals surface area contributed by atoms with Gasteiger partial charge in [-0.2, -0.15) is 0 Å². The number of hydrogen-bond acceptors (Lipinski definition) is 4. The van der Waals surface area contributed by atoms with Gasteiger partial charge in [-0.05, 0) is 64.1 Å². The van der Waals surface area contributed by atoms with Crippen LogP contribution in [0.5, 0.6) is 0 Å². The Morgan fingerprint density at radius 3 is 2.21 bits per heavy atom. The van der Waals surface area contributed by atoms with Crippen LogP contribution in [0.25, 0.3) is 0 Å². The van der Waals surface area contributed by atoms with Crippen molar-refractivity contribution in [1.29, 1.82) is 0 Å². The summed E-state index contributed by atoms with van der Waals surface area (Å²) in [4.78, 5) is 28.0. The highest BCUT2D eigenvalue weighted by Gasteiger charge is 2.34. The number of anilines is 1. The van der Waals surface area contributed by atoms with Gasteiger partial charge < -0.3 is 10.2 Å². The molecule has 0 saturated carbocycles. The molecule has 1 N–H and O–H groups in total. The molecule has 0 bridgehead atoms. The number of nitrogens with zero attached hydrogens (tertiary/aromatic N) is 2. The van der Waals surface area contributed by atoms with Gasteiger partial charge in [0.15, 0.2) is 0 Å². The number of carbonyl (C=O) groups excluding carboxylic acids is 2. The highest BCUT2D eigenvalue weighted by atomic mass is 35.5. The number of hydrogen-bond donors (Lipinski definition) is 1. The molecule has 0 aliphatic rings. The summed E-state index contributed by atoms with van der Waals surface area (Å²) in [5.74, 6) is -1.79. The second-order valence-electron chi connectivity index (χ2n) is 9.95. The molecule has 0 fully saturated rings. The van der Waals surface area contributed by atoms with Gasteiger partial charge in [-0.1, -0.05) is 59.6 Å². The summed E-state index contributed by atoms with van der Waals surface area (Å²) in [7, 11) is -4.31. The van der Waals surface area contributed by atoms with Gasteiger partial charge in [0.05, 0.1) is 15.6 Å². The molecular weight excluding hydrogens is 564 g/mol. The van der Waals surface area contributed by atoms with E-state index in [9.17, 15) is 22.4 Å². The van der Waals surface area contributed by atoms with Gasteiger partial charge in [0.2, 0.25) is 11.8 Å². The Labute approximate surface area is 238 Å². The molecule has 0 aromatic heterocycles. The van der Waals surface area contributed by atoms with Crippen molar-refractivity contribution in [3.63, 3.8) is 0 Å². The molecule has 1 atom stereocenters. The van der Waals surface area contributed by atoms with Gasteiger partial charge in [-0.15, -0.1) is 0 Å². The van der Waals surface area contributed by atoms with Crippen molar-refractivity contribution in [2.75, 3.05) is 10.8 Å². The van der Waals surface area contributed by atoms with Gasteiger partial charge in [0, 0.05) is 22.7 Å². The van der Waals surface area contributed by atoms with Crippen molar-refractivity contribution in [1.82, 2.24) is 10.2 Å². The van der Waals surface area contributed by atoms with Crippen molar-refractivity contribution >= 4 is 50.7 Å². The van der Waals surface area contributed by atoms with Crippen LogP contribution in [0.15, 0.2) is 77.7 Å². The third-order valence-electron chi connectivity index (χ3n) is 5.75. The van der Waals surface area contributed by atoms with Gasteiger partial charge in [0.25, 0.3) is 10.0 Å². The predicted octanol–water partition coefficient (Wildman–Crippen LogP) is 5.66. The zero-order chi connectivity index (χ0) is 29.0. The molecule has 11 heteroatoms. The lowest BCUT2D eigenvalue weighted by Crippen LogP contribution is -2.54. The van der Waals surface area contributed by atoms with E-state index in [0.717, 1.165) is 9.21 Å². The summed E-state index contributed by atoms with van der Waals surface area (Å²) < 4.78 is 43.0. The highest BCUT2D eigenvalue weighted by Crippen LogP contribution is 2.33. The van der Waals surface area contributed by atoms with Crippen molar-refractivity contribution in [2.24, 2.45) is 0 Å². The van der Waals surface area contributed by atoms with Crippen molar-refractivity contribution in [3.05, 3.63) is 94.2 Å². The van der Waals surface area contributed by atoms with E-state index < -0.39 is 45.8 Å².